The number of aliphatic hydroxyl groups excluding tert-OH is 1. The molecule has 0 aliphatic rings. The summed E-state index contributed by atoms with van der Waals surface area (Å²) in [4.78, 5) is 17.0. The van der Waals surface area contributed by atoms with E-state index in [0.29, 0.717) is 27.5 Å². The summed E-state index contributed by atoms with van der Waals surface area (Å²) in [6, 6.07) is 10.7. The normalized spacial score (nSPS) is 12.9. The minimum absolute atomic E-state index is 0.112. The number of amides is 1. The van der Waals surface area contributed by atoms with Crippen LogP contribution in [0.2, 0.25) is 5.02 Å². The molecule has 0 aliphatic carbocycles. The fourth-order valence-corrected chi connectivity index (χ4v) is 4.57. The number of pyridine rings is 1. The van der Waals surface area contributed by atoms with Gasteiger partial charge < -0.3 is 20.9 Å². The molecule has 2 heterocycles. The van der Waals surface area contributed by atoms with Gasteiger partial charge in [0.25, 0.3) is 0 Å². The van der Waals surface area contributed by atoms with Gasteiger partial charge in [0.2, 0.25) is 5.91 Å². The van der Waals surface area contributed by atoms with E-state index in [1.807, 2.05) is 51.1 Å². The molecule has 2 atom stereocenters. The predicted molar refractivity (Wildman–Crippen MR) is 140 cm³/mol. The van der Waals surface area contributed by atoms with Crippen LogP contribution in [0.15, 0.2) is 48.8 Å². The molecule has 0 bridgehead atoms. The number of aromatic nitrogens is 3. The van der Waals surface area contributed by atoms with E-state index in [-0.39, 0.29) is 19.6 Å². The molecule has 1 amide bonds. The Morgan fingerprint density at radius 1 is 1.30 bits per heavy atom. The van der Waals surface area contributed by atoms with E-state index in [9.17, 15) is 14.3 Å². The van der Waals surface area contributed by atoms with Gasteiger partial charge in [0.05, 0.1) is 24.1 Å². The number of rotatable bonds is 9. The first kappa shape index (κ1) is 26.5. The molecule has 0 saturated carbocycles. The number of nitrogens with zero attached hydrogens (tertiary/aromatic N) is 3. The molecule has 8 nitrogen and oxygen atoms in total. The van der Waals surface area contributed by atoms with Crippen LogP contribution >= 0.6 is 11.6 Å². The molecule has 194 valence electrons. The number of aliphatic hydroxyl groups is 1. The minimum Gasteiger partial charge on any atom is -0.487 e. The summed E-state index contributed by atoms with van der Waals surface area (Å²) in [5.41, 5.74) is 9.86. The maximum absolute atomic E-state index is 13.7. The number of ether oxygens (including phenoxy) is 1. The average Bonchev–Trinajstić information content (AvgIpc) is 3.28. The molecule has 0 radical (unpaired) electrons. The van der Waals surface area contributed by atoms with Crippen molar-refractivity contribution in [2.24, 2.45) is 5.73 Å². The van der Waals surface area contributed by atoms with E-state index in [2.05, 4.69) is 15.4 Å². The van der Waals surface area contributed by atoms with Gasteiger partial charge in [0.15, 0.2) is 5.82 Å². The van der Waals surface area contributed by atoms with Crippen LogP contribution in [-0.2, 0) is 11.4 Å². The van der Waals surface area contributed by atoms with E-state index >= 15 is 0 Å². The Morgan fingerprint density at radius 3 is 2.78 bits per heavy atom. The van der Waals surface area contributed by atoms with E-state index in [1.165, 1.54) is 10.9 Å². The average molecular weight is 526 g/mol. The predicted octanol–water partition coefficient (Wildman–Crippen LogP) is 4.30. The number of carbonyl (C=O) groups excluding carboxylic acids is 1. The molecule has 0 unspecified atom stereocenters. The van der Waals surface area contributed by atoms with Crippen LogP contribution in [0.5, 0.6) is 5.75 Å². The molecule has 4 aromatic rings. The fourth-order valence-electron chi connectivity index (χ4n) is 4.23. The van der Waals surface area contributed by atoms with E-state index in [1.54, 1.807) is 6.07 Å². The minimum atomic E-state index is -1.19. The van der Waals surface area contributed by atoms with Gasteiger partial charge in [0, 0.05) is 21.7 Å². The van der Waals surface area contributed by atoms with Crippen molar-refractivity contribution in [2.75, 3.05) is 6.54 Å². The van der Waals surface area contributed by atoms with Crippen LogP contribution in [0.4, 0.5) is 4.39 Å². The number of para-hydroxylation sites is 1. The molecule has 2 aromatic heterocycles. The Hall–Kier alpha value is -3.53. The van der Waals surface area contributed by atoms with Crippen molar-refractivity contribution >= 4 is 28.4 Å². The topological polar surface area (TPSA) is 115 Å². The summed E-state index contributed by atoms with van der Waals surface area (Å²) in [7, 11) is 0. The maximum atomic E-state index is 13.7. The summed E-state index contributed by atoms with van der Waals surface area (Å²) < 4.78 is 21.3. The lowest BCUT2D eigenvalue weighted by Crippen LogP contribution is -2.37. The zero-order valence-corrected chi connectivity index (χ0v) is 21.6. The van der Waals surface area contributed by atoms with Gasteiger partial charge in [0.1, 0.15) is 24.0 Å². The molecular weight excluding hydrogens is 497 g/mol. The van der Waals surface area contributed by atoms with Crippen LogP contribution < -0.4 is 15.8 Å². The summed E-state index contributed by atoms with van der Waals surface area (Å²) in [5, 5.41) is 18.2. The third-order valence-electron chi connectivity index (χ3n) is 6.02. The number of halogens is 2. The van der Waals surface area contributed by atoms with Crippen LogP contribution in [0.1, 0.15) is 41.8 Å². The summed E-state index contributed by atoms with van der Waals surface area (Å²) >= 11 is 6.62. The zero-order chi connectivity index (χ0) is 26.7. The van der Waals surface area contributed by atoms with Crippen molar-refractivity contribution < 1.29 is 19.0 Å². The Labute approximate surface area is 219 Å². The van der Waals surface area contributed by atoms with Crippen molar-refractivity contribution in [1.29, 1.82) is 0 Å². The lowest BCUT2D eigenvalue weighted by molar-refractivity contribution is -0.130. The SMILES string of the molecule is Cc1cc(Cl)c(COc2cccc3c(-n4cc(F)cn4)cc(C)nc23)c([C@H](C)NC(=O)[C@@H](O)CCN)c1. The lowest BCUT2D eigenvalue weighted by Gasteiger charge is -2.22. The molecule has 4 N–H and O–H groups in total. The summed E-state index contributed by atoms with van der Waals surface area (Å²) in [6.45, 7) is 5.89. The quantitative estimate of drug-likeness (QED) is 0.300. The third kappa shape index (κ3) is 5.90. The molecule has 0 spiro atoms. The van der Waals surface area contributed by atoms with Crippen LogP contribution in [0.25, 0.3) is 16.6 Å². The van der Waals surface area contributed by atoms with Gasteiger partial charge in [-0.2, -0.15) is 5.10 Å². The van der Waals surface area contributed by atoms with E-state index in [0.717, 1.165) is 28.4 Å². The van der Waals surface area contributed by atoms with E-state index in [4.69, 9.17) is 22.1 Å². The number of benzene rings is 2. The number of aryl methyl sites for hydroxylation is 2. The zero-order valence-electron chi connectivity index (χ0n) is 20.8. The highest BCUT2D eigenvalue weighted by Gasteiger charge is 2.21. The highest BCUT2D eigenvalue weighted by Crippen LogP contribution is 2.32. The number of nitrogens with one attached hydrogen (secondary N) is 1. The molecule has 37 heavy (non-hydrogen) atoms. The number of carbonyl (C=O) groups is 1. The second-order valence-electron chi connectivity index (χ2n) is 8.96. The molecule has 0 saturated heterocycles. The van der Waals surface area contributed by atoms with Crippen molar-refractivity contribution in [3.8, 4) is 11.4 Å². The highest BCUT2D eigenvalue weighted by atomic mass is 35.5. The number of hydrogen-bond donors (Lipinski definition) is 3. The van der Waals surface area contributed by atoms with Gasteiger partial charge >= 0.3 is 0 Å². The first-order chi connectivity index (χ1) is 17.7. The fraction of sp³-hybridized carbons (Fsp3) is 0.296. The monoisotopic (exact) mass is 525 g/mol. The van der Waals surface area contributed by atoms with Crippen LogP contribution in [0, 0.1) is 19.7 Å². The molecule has 0 fully saturated rings. The third-order valence-corrected chi connectivity index (χ3v) is 6.36. The Morgan fingerprint density at radius 2 is 2.08 bits per heavy atom. The lowest BCUT2D eigenvalue weighted by atomic mass is 9.98. The van der Waals surface area contributed by atoms with Gasteiger partial charge in [-0.05, 0) is 63.1 Å². The summed E-state index contributed by atoms with van der Waals surface area (Å²) in [6.07, 6.45) is 1.44. The molecule has 10 heteroatoms. The van der Waals surface area contributed by atoms with Crippen molar-refractivity contribution in [3.63, 3.8) is 0 Å². The Kier molecular flexibility index (Phi) is 8.06. The van der Waals surface area contributed by atoms with Crippen molar-refractivity contribution in [2.45, 2.75) is 45.9 Å². The number of fused-ring (bicyclic) bond motifs is 1. The standard InChI is InChI=1S/C27H29ClFN5O3/c1-15-9-20(17(3)33-27(36)24(35)7-8-30)21(22(28)10-15)14-37-25-6-4-5-19-23(11-16(2)32-26(19)25)34-13-18(29)12-31-34/h4-6,9-13,17,24,35H,7-8,14,30H2,1-3H3,(H,33,36)/t17-,24-/m0/s1. The van der Waals surface area contributed by atoms with Crippen molar-refractivity contribution in [1.82, 2.24) is 20.1 Å². The second kappa shape index (κ2) is 11.2. The Bertz CT molecular complexity index is 1440. The van der Waals surface area contributed by atoms with Crippen LogP contribution in [-0.4, -0.2) is 38.4 Å². The van der Waals surface area contributed by atoms with E-state index < -0.39 is 23.9 Å². The Balaban J connectivity index is 1.66. The molecular formula is C27H29ClFN5O3. The largest absolute Gasteiger partial charge is 0.487 e. The maximum Gasteiger partial charge on any atom is 0.249 e. The number of nitrogens with two attached hydrogens (primary N) is 1. The molecule has 0 aliphatic heterocycles. The molecule has 4 rings (SSSR count). The van der Waals surface area contributed by atoms with Gasteiger partial charge in [-0.3, -0.25) is 4.79 Å². The highest BCUT2D eigenvalue weighted by molar-refractivity contribution is 6.31. The first-order valence-corrected chi connectivity index (χ1v) is 12.3. The van der Waals surface area contributed by atoms with Gasteiger partial charge in [-0.1, -0.05) is 29.8 Å². The molecule has 2 aromatic carbocycles. The van der Waals surface area contributed by atoms with Crippen molar-refractivity contribution in [3.05, 3.63) is 82.0 Å². The summed E-state index contributed by atoms with van der Waals surface area (Å²) in [5.74, 6) is -0.417. The first-order valence-electron chi connectivity index (χ1n) is 11.9. The smallest absolute Gasteiger partial charge is 0.249 e. The van der Waals surface area contributed by atoms with Gasteiger partial charge in [-0.25, -0.2) is 14.1 Å². The second-order valence-corrected chi connectivity index (χ2v) is 9.37. The van der Waals surface area contributed by atoms with Crippen LogP contribution in [0.3, 0.4) is 0 Å². The number of hydrogen-bond acceptors (Lipinski definition) is 6. The van der Waals surface area contributed by atoms with Gasteiger partial charge in [-0.15, -0.1) is 0 Å².